The molecule has 14 heavy (non-hydrogen) atoms. The lowest BCUT2D eigenvalue weighted by atomic mass is 10.2. The van der Waals surface area contributed by atoms with Gasteiger partial charge in [0.1, 0.15) is 11.6 Å². The van der Waals surface area contributed by atoms with E-state index in [0.717, 1.165) is 5.52 Å². The van der Waals surface area contributed by atoms with Crippen molar-refractivity contribution in [3.8, 4) is 0 Å². The maximum atomic E-state index is 9.62. The number of nitrogens with two attached hydrogens (primary N) is 1. The van der Waals surface area contributed by atoms with Crippen LogP contribution in [0.4, 0.5) is 0 Å². The van der Waals surface area contributed by atoms with Gasteiger partial charge in [0, 0.05) is 6.04 Å². The summed E-state index contributed by atoms with van der Waals surface area (Å²) in [6, 6.07) is 6.97. The fourth-order valence-corrected chi connectivity index (χ4v) is 1.24. The van der Waals surface area contributed by atoms with Crippen molar-refractivity contribution in [2.75, 3.05) is 0 Å². The minimum atomic E-state index is -0.845. The van der Waals surface area contributed by atoms with Crippen molar-refractivity contribution >= 4 is 11.1 Å². The molecule has 2 aromatic rings. The van der Waals surface area contributed by atoms with Crippen molar-refractivity contribution in [3.63, 3.8) is 0 Å². The maximum Gasteiger partial charge on any atom is 0.225 e. The van der Waals surface area contributed by atoms with E-state index in [2.05, 4.69) is 4.98 Å². The first-order valence-electron chi connectivity index (χ1n) is 4.47. The van der Waals surface area contributed by atoms with E-state index in [-0.39, 0.29) is 11.9 Å². The molecular weight excluding hydrogens is 180 g/mol. The first-order chi connectivity index (χ1) is 6.68. The normalized spacial score (nSPS) is 15.6. The van der Waals surface area contributed by atoms with E-state index in [0.29, 0.717) is 5.58 Å². The second-order valence-corrected chi connectivity index (χ2v) is 3.32. The SMILES string of the molecule is C[C@H](N)[C@H](O)c1nc2ccccc2o1. The Hall–Kier alpha value is -1.39. The zero-order valence-electron chi connectivity index (χ0n) is 7.84. The van der Waals surface area contributed by atoms with Crippen molar-refractivity contribution in [1.82, 2.24) is 4.98 Å². The molecule has 3 N–H and O–H groups in total. The molecule has 0 bridgehead atoms. The van der Waals surface area contributed by atoms with Gasteiger partial charge in [0.15, 0.2) is 5.58 Å². The molecule has 2 rings (SSSR count). The highest BCUT2D eigenvalue weighted by atomic mass is 16.4. The van der Waals surface area contributed by atoms with Gasteiger partial charge in [0.25, 0.3) is 0 Å². The largest absolute Gasteiger partial charge is 0.438 e. The molecule has 0 radical (unpaired) electrons. The van der Waals surface area contributed by atoms with Gasteiger partial charge in [-0.25, -0.2) is 4.98 Å². The Balaban J connectivity index is 2.45. The van der Waals surface area contributed by atoms with Crippen molar-refractivity contribution < 1.29 is 9.52 Å². The van der Waals surface area contributed by atoms with Gasteiger partial charge in [0.2, 0.25) is 5.89 Å². The number of aliphatic hydroxyl groups is 1. The number of hydrogen-bond acceptors (Lipinski definition) is 4. The molecule has 0 amide bonds. The van der Waals surface area contributed by atoms with Crippen LogP contribution in [-0.2, 0) is 0 Å². The molecule has 0 unspecified atom stereocenters. The smallest absolute Gasteiger partial charge is 0.225 e. The molecule has 0 aliphatic rings. The number of hydrogen-bond donors (Lipinski definition) is 2. The molecular formula is C10H12N2O2. The molecule has 0 fully saturated rings. The van der Waals surface area contributed by atoms with Crippen LogP contribution in [0.15, 0.2) is 28.7 Å². The number of benzene rings is 1. The Morgan fingerprint density at radius 1 is 1.43 bits per heavy atom. The lowest BCUT2D eigenvalue weighted by molar-refractivity contribution is 0.123. The zero-order chi connectivity index (χ0) is 10.1. The molecule has 1 aromatic carbocycles. The number of rotatable bonds is 2. The monoisotopic (exact) mass is 192 g/mol. The van der Waals surface area contributed by atoms with Gasteiger partial charge in [-0.05, 0) is 19.1 Å². The molecule has 1 aromatic heterocycles. The quantitative estimate of drug-likeness (QED) is 0.750. The Labute approximate surface area is 81.4 Å². The molecule has 0 aliphatic carbocycles. The van der Waals surface area contributed by atoms with Gasteiger partial charge in [-0.1, -0.05) is 12.1 Å². The van der Waals surface area contributed by atoms with Crippen molar-refractivity contribution in [1.29, 1.82) is 0 Å². The number of fused-ring (bicyclic) bond motifs is 1. The van der Waals surface area contributed by atoms with Crippen LogP contribution >= 0.6 is 0 Å². The van der Waals surface area contributed by atoms with Crippen molar-refractivity contribution in [3.05, 3.63) is 30.2 Å². The highest BCUT2D eigenvalue weighted by molar-refractivity contribution is 5.72. The summed E-state index contributed by atoms with van der Waals surface area (Å²) in [5, 5.41) is 9.62. The first kappa shape index (κ1) is 9.18. The van der Waals surface area contributed by atoms with Crippen molar-refractivity contribution in [2.45, 2.75) is 19.1 Å². The van der Waals surface area contributed by atoms with Gasteiger partial charge in [-0.3, -0.25) is 0 Å². The summed E-state index contributed by atoms with van der Waals surface area (Å²) in [7, 11) is 0. The maximum absolute atomic E-state index is 9.62. The fourth-order valence-electron chi connectivity index (χ4n) is 1.24. The number of aromatic nitrogens is 1. The van der Waals surface area contributed by atoms with Gasteiger partial charge < -0.3 is 15.3 Å². The van der Waals surface area contributed by atoms with E-state index in [1.807, 2.05) is 18.2 Å². The van der Waals surface area contributed by atoms with E-state index >= 15 is 0 Å². The third-order valence-electron chi connectivity index (χ3n) is 2.06. The van der Waals surface area contributed by atoms with Crippen LogP contribution in [0.1, 0.15) is 18.9 Å². The summed E-state index contributed by atoms with van der Waals surface area (Å²) in [6.07, 6.45) is -0.845. The molecule has 1 heterocycles. The van der Waals surface area contributed by atoms with Gasteiger partial charge in [-0.15, -0.1) is 0 Å². The third-order valence-corrected chi connectivity index (χ3v) is 2.06. The Morgan fingerprint density at radius 2 is 2.14 bits per heavy atom. The minimum Gasteiger partial charge on any atom is -0.438 e. The minimum absolute atomic E-state index is 0.279. The summed E-state index contributed by atoms with van der Waals surface area (Å²) in [5.41, 5.74) is 6.95. The van der Waals surface area contributed by atoms with Gasteiger partial charge >= 0.3 is 0 Å². The molecule has 0 saturated heterocycles. The molecule has 4 nitrogen and oxygen atoms in total. The average Bonchev–Trinajstić information content (AvgIpc) is 2.59. The molecule has 0 aliphatic heterocycles. The van der Waals surface area contributed by atoms with Crippen molar-refractivity contribution in [2.24, 2.45) is 5.73 Å². The van der Waals surface area contributed by atoms with E-state index in [9.17, 15) is 5.11 Å². The van der Waals surface area contributed by atoms with Gasteiger partial charge in [-0.2, -0.15) is 0 Å². The van der Waals surface area contributed by atoms with E-state index in [1.165, 1.54) is 0 Å². The second kappa shape index (κ2) is 3.40. The zero-order valence-corrected chi connectivity index (χ0v) is 7.84. The number of oxazole rings is 1. The Morgan fingerprint density at radius 3 is 2.79 bits per heavy atom. The van der Waals surface area contributed by atoms with Crippen LogP contribution in [0.5, 0.6) is 0 Å². The molecule has 74 valence electrons. The van der Waals surface area contributed by atoms with Gasteiger partial charge in [0.05, 0.1) is 0 Å². The summed E-state index contributed by atoms with van der Waals surface area (Å²) >= 11 is 0. The summed E-state index contributed by atoms with van der Waals surface area (Å²) in [6.45, 7) is 1.71. The third kappa shape index (κ3) is 1.49. The predicted octanol–water partition coefficient (Wildman–Crippen LogP) is 1.21. The Bertz CT molecular complexity index is 403. The number of nitrogens with zero attached hydrogens (tertiary/aromatic N) is 1. The van der Waals surface area contributed by atoms with Crippen LogP contribution in [0.2, 0.25) is 0 Å². The topological polar surface area (TPSA) is 72.3 Å². The van der Waals surface area contributed by atoms with E-state index in [4.69, 9.17) is 10.2 Å². The highest BCUT2D eigenvalue weighted by Gasteiger charge is 2.18. The van der Waals surface area contributed by atoms with Crippen LogP contribution in [-0.4, -0.2) is 16.1 Å². The van der Waals surface area contributed by atoms with E-state index in [1.54, 1.807) is 13.0 Å². The lowest BCUT2D eigenvalue weighted by Crippen LogP contribution is -2.24. The highest BCUT2D eigenvalue weighted by Crippen LogP contribution is 2.20. The average molecular weight is 192 g/mol. The van der Waals surface area contributed by atoms with E-state index < -0.39 is 6.10 Å². The summed E-state index contributed by atoms with van der Waals surface area (Å²) in [5.74, 6) is 0.279. The van der Waals surface area contributed by atoms with Crippen LogP contribution in [0, 0.1) is 0 Å². The Kier molecular flexibility index (Phi) is 2.23. The molecule has 2 atom stereocenters. The first-order valence-corrected chi connectivity index (χ1v) is 4.47. The molecule has 0 spiro atoms. The number of aliphatic hydroxyl groups excluding tert-OH is 1. The van der Waals surface area contributed by atoms with Crippen LogP contribution < -0.4 is 5.73 Å². The fraction of sp³-hybridized carbons (Fsp3) is 0.300. The number of para-hydroxylation sites is 2. The molecule has 0 saturated carbocycles. The lowest BCUT2D eigenvalue weighted by Gasteiger charge is -2.08. The summed E-state index contributed by atoms with van der Waals surface area (Å²) in [4.78, 5) is 4.14. The predicted molar refractivity (Wildman–Crippen MR) is 52.6 cm³/mol. The standard InChI is InChI=1S/C10H12N2O2/c1-6(11)9(13)10-12-7-4-2-3-5-8(7)14-10/h2-6,9,13H,11H2,1H3/t6-,9-/m0/s1. The van der Waals surface area contributed by atoms with Crippen LogP contribution in [0.3, 0.4) is 0 Å². The second-order valence-electron chi connectivity index (χ2n) is 3.32. The summed E-state index contributed by atoms with van der Waals surface area (Å²) < 4.78 is 5.35. The van der Waals surface area contributed by atoms with Crippen LogP contribution in [0.25, 0.3) is 11.1 Å². The molecule has 4 heteroatoms.